The van der Waals surface area contributed by atoms with Crippen LogP contribution in [0.15, 0.2) is 24.3 Å². The number of nitrogens with one attached hydrogen (secondary N) is 1. The Labute approximate surface area is 109 Å². The third-order valence-electron chi connectivity index (χ3n) is 2.28. The minimum Gasteiger partial charge on any atom is -0.384 e. The summed E-state index contributed by atoms with van der Waals surface area (Å²) in [7, 11) is 1.62. The van der Waals surface area contributed by atoms with E-state index in [9.17, 15) is 13.2 Å². The zero-order valence-corrected chi connectivity index (χ0v) is 10.9. The lowest BCUT2D eigenvalue weighted by Gasteiger charge is -2.12. The van der Waals surface area contributed by atoms with E-state index in [-0.39, 0.29) is 24.1 Å². The van der Waals surface area contributed by atoms with E-state index in [0.29, 0.717) is 6.61 Å². The van der Waals surface area contributed by atoms with Crippen molar-refractivity contribution in [3.63, 3.8) is 0 Å². The van der Waals surface area contributed by atoms with Gasteiger partial charge in [-0.3, -0.25) is 0 Å². The van der Waals surface area contributed by atoms with Crippen LogP contribution in [0, 0.1) is 0 Å². The monoisotopic (exact) mass is 279 g/mol. The molecule has 0 amide bonds. The van der Waals surface area contributed by atoms with Crippen LogP contribution < -0.4 is 5.32 Å². The molecule has 6 heteroatoms. The molecule has 0 fully saturated rings. The lowest BCUT2D eigenvalue weighted by molar-refractivity contribution is -0.0327. The Kier molecular flexibility index (Phi) is 6.35. The first-order chi connectivity index (χ1) is 8.53. The van der Waals surface area contributed by atoms with Gasteiger partial charge in [-0.05, 0) is 29.8 Å². The molecule has 0 atom stereocenters. The molecule has 102 valence electrons. The predicted molar refractivity (Wildman–Crippen MR) is 69.0 cm³/mol. The summed E-state index contributed by atoms with van der Waals surface area (Å²) in [5.41, 5.74) is -2.23. The van der Waals surface area contributed by atoms with E-state index in [4.69, 9.17) is 4.74 Å². The number of halogens is 3. The highest BCUT2D eigenvalue weighted by Gasteiger charge is 2.27. The highest BCUT2D eigenvalue weighted by Crippen LogP contribution is 2.29. The van der Waals surface area contributed by atoms with Crippen molar-refractivity contribution >= 4 is 17.4 Å². The van der Waals surface area contributed by atoms with Gasteiger partial charge in [0.25, 0.3) is 0 Å². The number of ether oxygens (including phenoxy) is 1. The van der Waals surface area contributed by atoms with Gasteiger partial charge in [0.1, 0.15) is 0 Å². The van der Waals surface area contributed by atoms with E-state index < -0.39 is 5.51 Å². The first-order valence-electron chi connectivity index (χ1n) is 5.54. The van der Waals surface area contributed by atoms with Crippen LogP contribution >= 0.6 is 11.8 Å². The number of thioether (sulfide) groups is 1. The van der Waals surface area contributed by atoms with Gasteiger partial charge in [0, 0.05) is 25.1 Å². The molecule has 0 aliphatic carbocycles. The summed E-state index contributed by atoms with van der Waals surface area (Å²) in [6, 6.07) is 7.57. The smallest absolute Gasteiger partial charge is 0.384 e. The Balaban J connectivity index is 2.41. The van der Waals surface area contributed by atoms with Gasteiger partial charge in [-0.15, -0.1) is 0 Å². The lowest BCUT2D eigenvalue weighted by atomic mass is 10.1. The van der Waals surface area contributed by atoms with Crippen molar-refractivity contribution < 1.29 is 17.9 Å². The quantitative estimate of drug-likeness (QED) is 0.771. The van der Waals surface area contributed by atoms with E-state index in [1.54, 1.807) is 7.11 Å². The second-order valence-corrected chi connectivity index (χ2v) is 4.78. The van der Waals surface area contributed by atoms with Crippen molar-refractivity contribution in [2.45, 2.75) is 11.9 Å². The van der Waals surface area contributed by atoms with Crippen LogP contribution in [0.3, 0.4) is 0 Å². The van der Waals surface area contributed by atoms with Crippen LogP contribution in [-0.4, -0.2) is 31.5 Å². The van der Waals surface area contributed by atoms with Crippen LogP contribution in [-0.2, 0) is 11.2 Å². The lowest BCUT2D eigenvalue weighted by Crippen LogP contribution is -2.11. The second kappa shape index (κ2) is 7.53. The van der Waals surface area contributed by atoms with Crippen molar-refractivity contribution in [2.24, 2.45) is 0 Å². The number of rotatable bonds is 7. The molecule has 1 aromatic carbocycles. The van der Waals surface area contributed by atoms with Crippen molar-refractivity contribution in [3.05, 3.63) is 29.8 Å². The third-order valence-corrected chi connectivity index (χ3v) is 3.01. The largest absolute Gasteiger partial charge is 0.441 e. The fourth-order valence-corrected chi connectivity index (χ4v) is 1.91. The maximum atomic E-state index is 11.9. The molecule has 0 bridgehead atoms. The number of alkyl halides is 3. The third kappa shape index (κ3) is 6.16. The highest BCUT2D eigenvalue weighted by molar-refractivity contribution is 8.00. The molecule has 1 aromatic rings. The van der Waals surface area contributed by atoms with Gasteiger partial charge in [0.05, 0.1) is 6.61 Å². The van der Waals surface area contributed by atoms with Gasteiger partial charge < -0.3 is 10.1 Å². The van der Waals surface area contributed by atoms with Crippen LogP contribution in [0.2, 0.25) is 0 Å². The molecule has 0 saturated heterocycles. The summed E-state index contributed by atoms with van der Waals surface area (Å²) in [6.45, 7) is 0.879. The highest BCUT2D eigenvalue weighted by atomic mass is 32.2. The first-order valence-corrected chi connectivity index (χ1v) is 6.53. The van der Waals surface area contributed by atoms with Gasteiger partial charge in [-0.2, -0.15) is 13.2 Å². The van der Waals surface area contributed by atoms with Crippen LogP contribution in [0.5, 0.6) is 0 Å². The van der Waals surface area contributed by atoms with Gasteiger partial charge >= 0.3 is 5.51 Å². The fourth-order valence-electron chi connectivity index (χ4n) is 1.48. The number of methoxy groups -OCH3 is 1. The van der Waals surface area contributed by atoms with E-state index in [2.05, 4.69) is 5.32 Å². The molecule has 0 aromatic heterocycles. The summed E-state index contributed by atoms with van der Waals surface area (Å²) >= 11 is -0.0107. The Morgan fingerprint density at radius 1 is 1.28 bits per heavy atom. The summed E-state index contributed by atoms with van der Waals surface area (Å²) in [5, 5.41) is 3.02. The van der Waals surface area contributed by atoms with E-state index >= 15 is 0 Å². The molecule has 0 spiro atoms. The number of para-hydroxylation sites is 1. The van der Waals surface area contributed by atoms with Gasteiger partial charge in [0.2, 0.25) is 0 Å². The first kappa shape index (κ1) is 15.2. The Hall–Kier alpha value is -0.880. The SMILES string of the molecule is COCCc1ccccc1NCCSC(F)(F)F. The molecule has 1 rings (SSSR count). The Morgan fingerprint density at radius 2 is 2.00 bits per heavy atom. The van der Waals surface area contributed by atoms with E-state index in [0.717, 1.165) is 17.7 Å². The number of benzene rings is 1. The van der Waals surface area contributed by atoms with E-state index in [1.807, 2.05) is 24.3 Å². The molecule has 0 aliphatic heterocycles. The van der Waals surface area contributed by atoms with Crippen molar-refractivity contribution in [3.8, 4) is 0 Å². The maximum absolute atomic E-state index is 11.9. The Morgan fingerprint density at radius 3 is 2.67 bits per heavy atom. The maximum Gasteiger partial charge on any atom is 0.441 e. The molecule has 0 radical (unpaired) electrons. The van der Waals surface area contributed by atoms with Crippen molar-refractivity contribution in [1.82, 2.24) is 0 Å². The standard InChI is InChI=1S/C12H16F3NOS/c1-17-8-6-10-4-2-3-5-11(10)16-7-9-18-12(13,14)15/h2-5,16H,6-9H2,1H3. The van der Waals surface area contributed by atoms with Gasteiger partial charge in [0.15, 0.2) is 0 Å². The minimum absolute atomic E-state index is 0.00210. The zero-order chi connectivity index (χ0) is 13.4. The number of hydrogen-bond donors (Lipinski definition) is 1. The van der Waals surface area contributed by atoms with Crippen molar-refractivity contribution in [1.29, 1.82) is 0 Å². The fraction of sp³-hybridized carbons (Fsp3) is 0.500. The number of hydrogen-bond acceptors (Lipinski definition) is 3. The summed E-state index contributed by atoms with van der Waals surface area (Å²) in [4.78, 5) is 0. The molecule has 1 N–H and O–H groups in total. The average molecular weight is 279 g/mol. The molecule has 0 aliphatic rings. The summed E-state index contributed by atoms with van der Waals surface area (Å²) in [6.07, 6.45) is 0.742. The van der Waals surface area contributed by atoms with Crippen LogP contribution in [0.1, 0.15) is 5.56 Å². The van der Waals surface area contributed by atoms with Gasteiger partial charge in [-0.1, -0.05) is 18.2 Å². The molecular weight excluding hydrogens is 263 g/mol. The Bertz CT molecular complexity index is 357. The van der Waals surface area contributed by atoms with Crippen LogP contribution in [0.25, 0.3) is 0 Å². The molecule has 0 heterocycles. The molecular formula is C12H16F3NOS. The zero-order valence-electron chi connectivity index (χ0n) is 10.1. The number of anilines is 1. The van der Waals surface area contributed by atoms with E-state index in [1.165, 1.54) is 0 Å². The average Bonchev–Trinajstić information content (AvgIpc) is 2.32. The molecule has 18 heavy (non-hydrogen) atoms. The minimum atomic E-state index is -4.16. The topological polar surface area (TPSA) is 21.3 Å². The summed E-state index contributed by atoms with van der Waals surface area (Å²) in [5.74, 6) is 0.00210. The molecule has 0 saturated carbocycles. The predicted octanol–water partition coefficient (Wildman–Crippen LogP) is 3.54. The van der Waals surface area contributed by atoms with Crippen molar-refractivity contribution in [2.75, 3.05) is 31.3 Å². The molecule has 2 nitrogen and oxygen atoms in total. The van der Waals surface area contributed by atoms with Crippen LogP contribution in [0.4, 0.5) is 18.9 Å². The summed E-state index contributed by atoms with van der Waals surface area (Å²) < 4.78 is 40.8. The normalized spacial score (nSPS) is 11.6. The second-order valence-electron chi connectivity index (χ2n) is 3.62. The van der Waals surface area contributed by atoms with Gasteiger partial charge in [-0.25, -0.2) is 0 Å². The molecule has 0 unspecified atom stereocenters.